The number of rotatable bonds is 5. The van der Waals surface area contributed by atoms with Gasteiger partial charge in [0.25, 0.3) is 0 Å². The molecule has 1 aromatic rings. The van der Waals surface area contributed by atoms with Crippen LogP contribution in [0, 0.1) is 11.7 Å². The number of aliphatic hydroxyl groups excluding tert-OH is 1. The fourth-order valence-electron chi connectivity index (χ4n) is 2.76. The average Bonchev–Trinajstić information content (AvgIpc) is 2.47. The van der Waals surface area contributed by atoms with Crippen molar-refractivity contribution < 1.29 is 24.2 Å². The number of carbonyl (C=O) groups is 2. The number of carboxylic acid groups (broad SMARTS) is 1. The van der Waals surface area contributed by atoms with Gasteiger partial charge in [0.1, 0.15) is 5.82 Å². The van der Waals surface area contributed by atoms with E-state index in [1.165, 1.54) is 18.2 Å². The largest absolute Gasteiger partial charge is 0.481 e. The minimum atomic E-state index is -1.03. The highest BCUT2D eigenvalue weighted by molar-refractivity contribution is 5.77. The molecule has 0 aliphatic carbocycles. The molecular weight excluding hydrogens is 289 g/mol. The van der Waals surface area contributed by atoms with Crippen molar-refractivity contribution in [1.29, 1.82) is 0 Å². The first-order chi connectivity index (χ1) is 10.5. The Morgan fingerprint density at radius 1 is 1.32 bits per heavy atom. The summed E-state index contributed by atoms with van der Waals surface area (Å²) in [6.07, 6.45) is 0.336. The molecule has 0 saturated carbocycles. The maximum absolute atomic E-state index is 13.1. The number of benzene rings is 1. The number of halogens is 1. The Hall–Kier alpha value is -1.95. The van der Waals surface area contributed by atoms with Gasteiger partial charge < -0.3 is 15.1 Å². The molecule has 1 unspecified atom stereocenters. The second-order valence-corrected chi connectivity index (χ2v) is 5.70. The van der Waals surface area contributed by atoms with Crippen LogP contribution >= 0.6 is 0 Å². The highest BCUT2D eigenvalue weighted by Gasteiger charge is 2.25. The van der Waals surface area contributed by atoms with Crippen molar-refractivity contribution in [2.75, 3.05) is 13.1 Å². The van der Waals surface area contributed by atoms with E-state index in [4.69, 9.17) is 5.11 Å². The SMILES string of the molecule is O=C(O)CC1CCN(C(=O)CC(O)c2cccc(F)c2)CC1. The summed E-state index contributed by atoms with van der Waals surface area (Å²) in [7, 11) is 0. The zero-order chi connectivity index (χ0) is 16.1. The van der Waals surface area contributed by atoms with E-state index in [1.807, 2.05) is 0 Å². The standard InChI is InChI=1S/C16H20FNO4/c17-13-3-1-2-12(9-13)14(19)10-15(20)18-6-4-11(5-7-18)8-16(21)22/h1-3,9,11,14,19H,4-8,10H2,(H,21,22). The molecule has 1 aliphatic rings. The van der Waals surface area contributed by atoms with Crippen LogP contribution in [0.3, 0.4) is 0 Å². The third-order valence-corrected chi connectivity index (χ3v) is 4.03. The Bertz CT molecular complexity index is 541. The number of nitrogens with zero attached hydrogens (tertiary/aromatic N) is 1. The third kappa shape index (κ3) is 4.53. The number of aliphatic hydroxyl groups is 1. The van der Waals surface area contributed by atoms with Crippen molar-refractivity contribution in [1.82, 2.24) is 4.90 Å². The average molecular weight is 309 g/mol. The Labute approximate surface area is 128 Å². The van der Waals surface area contributed by atoms with Crippen LogP contribution in [0.1, 0.15) is 37.4 Å². The smallest absolute Gasteiger partial charge is 0.303 e. The molecule has 0 aromatic heterocycles. The molecule has 1 aromatic carbocycles. The van der Waals surface area contributed by atoms with Crippen molar-refractivity contribution in [2.45, 2.75) is 31.8 Å². The van der Waals surface area contributed by atoms with Gasteiger partial charge in [0.15, 0.2) is 0 Å². The van der Waals surface area contributed by atoms with E-state index in [2.05, 4.69) is 0 Å². The molecule has 1 amide bonds. The van der Waals surface area contributed by atoms with Crippen LogP contribution in [-0.2, 0) is 9.59 Å². The minimum Gasteiger partial charge on any atom is -0.481 e. The van der Waals surface area contributed by atoms with Gasteiger partial charge in [0, 0.05) is 19.5 Å². The second-order valence-electron chi connectivity index (χ2n) is 5.70. The first-order valence-electron chi connectivity index (χ1n) is 7.39. The summed E-state index contributed by atoms with van der Waals surface area (Å²) in [6, 6.07) is 5.58. The van der Waals surface area contributed by atoms with Gasteiger partial charge in [-0.15, -0.1) is 0 Å². The summed E-state index contributed by atoms with van der Waals surface area (Å²) < 4.78 is 13.1. The second kappa shape index (κ2) is 7.35. The van der Waals surface area contributed by atoms with E-state index in [0.29, 0.717) is 31.5 Å². The maximum atomic E-state index is 13.1. The Morgan fingerprint density at radius 3 is 2.59 bits per heavy atom. The number of hydrogen-bond donors (Lipinski definition) is 2. The quantitative estimate of drug-likeness (QED) is 0.871. The molecule has 1 atom stereocenters. The van der Waals surface area contributed by atoms with Crippen LogP contribution in [0.4, 0.5) is 4.39 Å². The third-order valence-electron chi connectivity index (χ3n) is 4.03. The van der Waals surface area contributed by atoms with Crippen molar-refractivity contribution >= 4 is 11.9 Å². The minimum absolute atomic E-state index is 0.0902. The van der Waals surface area contributed by atoms with E-state index in [9.17, 15) is 19.1 Å². The zero-order valence-corrected chi connectivity index (χ0v) is 12.2. The van der Waals surface area contributed by atoms with Gasteiger partial charge in [0.2, 0.25) is 5.91 Å². The van der Waals surface area contributed by atoms with Crippen LogP contribution in [0.15, 0.2) is 24.3 Å². The van der Waals surface area contributed by atoms with Crippen molar-refractivity contribution in [3.63, 3.8) is 0 Å². The highest BCUT2D eigenvalue weighted by atomic mass is 19.1. The summed E-state index contributed by atoms with van der Waals surface area (Å²) in [5.41, 5.74) is 0.383. The van der Waals surface area contributed by atoms with Crippen molar-refractivity contribution in [3.05, 3.63) is 35.6 Å². The van der Waals surface area contributed by atoms with E-state index in [0.717, 1.165) is 0 Å². The molecule has 1 heterocycles. The molecule has 0 spiro atoms. The molecule has 5 nitrogen and oxygen atoms in total. The first-order valence-corrected chi connectivity index (χ1v) is 7.39. The number of aliphatic carboxylic acids is 1. The van der Waals surface area contributed by atoms with E-state index < -0.39 is 17.9 Å². The lowest BCUT2D eigenvalue weighted by atomic mass is 9.93. The molecule has 1 fully saturated rings. The number of hydrogen-bond acceptors (Lipinski definition) is 3. The zero-order valence-electron chi connectivity index (χ0n) is 12.2. The van der Waals surface area contributed by atoms with Crippen LogP contribution in [0.2, 0.25) is 0 Å². The Morgan fingerprint density at radius 2 is 2.00 bits per heavy atom. The van der Waals surface area contributed by atoms with Crippen LogP contribution in [-0.4, -0.2) is 40.1 Å². The number of amides is 1. The van der Waals surface area contributed by atoms with Crippen LogP contribution in [0.5, 0.6) is 0 Å². The fourth-order valence-corrected chi connectivity index (χ4v) is 2.76. The van der Waals surface area contributed by atoms with Crippen LogP contribution < -0.4 is 0 Å². The van der Waals surface area contributed by atoms with Crippen LogP contribution in [0.25, 0.3) is 0 Å². The van der Waals surface area contributed by atoms with Gasteiger partial charge in [-0.1, -0.05) is 12.1 Å². The topological polar surface area (TPSA) is 77.8 Å². The lowest BCUT2D eigenvalue weighted by Crippen LogP contribution is -2.39. The van der Waals surface area contributed by atoms with Gasteiger partial charge in [-0.2, -0.15) is 0 Å². The van der Waals surface area contributed by atoms with E-state index >= 15 is 0 Å². The predicted octanol–water partition coefficient (Wildman–Crippen LogP) is 1.96. The number of likely N-dealkylation sites (tertiary alicyclic amines) is 1. The molecule has 120 valence electrons. The lowest BCUT2D eigenvalue weighted by Gasteiger charge is -2.32. The van der Waals surface area contributed by atoms with Gasteiger partial charge >= 0.3 is 5.97 Å². The van der Waals surface area contributed by atoms with Gasteiger partial charge in [0.05, 0.1) is 12.5 Å². The van der Waals surface area contributed by atoms with E-state index in [-0.39, 0.29) is 24.7 Å². The van der Waals surface area contributed by atoms with E-state index in [1.54, 1.807) is 11.0 Å². The molecule has 22 heavy (non-hydrogen) atoms. The van der Waals surface area contributed by atoms with Gasteiger partial charge in [-0.05, 0) is 36.5 Å². The highest BCUT2D eigenvalue weighted by Crippen LogP contribution is 2.23. The lowest BCUT2D eigenvalue weighted by molar-refractivity contribution is -0.139. The molecule has 0 bridgehead atoms. The molecule has 1 aliphatic heterocycles. The predicted molar refractivity (Wildman–Crippen MR) is 77.5 cm³/mol. The number of piperidine rings is 1. The first kappa shape index (κ1) is 16.4. The summed E-state index contributed by atoms with van der Waals surface area (Å²) in [5, 5.41) is 18.8. The van der Waals surface area contributed by atoms with Gasteiger partial charge in [-0.25, -0.2) is 4.39 Å². The van der Waals surface area contributed by atoms with Crippen molar-refractivity contribution in [2.24, 2.45) is 5.92 Å². The summed E-state index contributed by atoms with van der Waals surface area (Å²) in [6.45, 7) is 1.01. The molecular formula is C16H20FNO4. The molecule has 6 heteroatoms. The molecule has 2 rings (SSSR count). The summed E-state index contributed by atoms with van der Waals surface area (Å²) >= 11 is 0. The Balaban J connectivity index is 1.84. The normalized spacial score (nSPS) is 17.3. The fraction of sp³-hybridized carbons (Fsp3) is 0.500. The van der Waals surface area contributed by atoms with Gasteiger partial charge in [-0.3, -0.25) is 9.59 Å². The summed E-state index contributed by atoms with van der Waals surface area (Å²) in [4.78, 5) is 24.5. The number of carboxylic acids is 1. The maximum Gasteiger partial charge on any atom is 0.303 e. The summed E-state index contributed by atoms with van der Waals surface area (Å²) in [5.74, 6) is -1.34. The molecule has 2 N–H and O–H groups in total. The molecule has 0 radical (unpaired) electrons. The number of carbonyl (C=O) groups excluding carboxylic acids is 1. The Kier molecular flexibility index (Phi) is 5.49. The molecule has 1 saturated heterocycles. The van der Waals surface area contributed by atoms with Crippen molar-refractivity contribution in [3.8, 4) is 0 Å². The monoisotopic (exact) mass is 309 g/mol.